The van der Waals surface area contributed by atoms with Gasteiger partial charge in [-0.3, -0.25) is 14.9 Å². The number of amides is 3. The molecule has 0 aromatic heterocycles. The number of rotatable bonds is 4. The number of hydrogen-bond acceptors (Lipinski definition) is 4. The Labute approximate surface area is 100 Å². The highest BCUT2D eigenvalue weighted by molar-refractivity contribution is 6.08. The van der Waals surface area contributed by atoms with E-state index in [-0.39, 0.29) is 12.5 Å². The monoisotopic (exact) mass is 242 g/mol. The smallest absolute Gasteiger partial charge is 0.322 e. The summed E-state index contributed by atoms with van der Waals surface area (Å²) in [4.78, 5) is 34.8. The molecule has 0 bridgehead atoms. The lowest BCUT2D eigenvalue weighted by Gasteiger charge is -2.32. The van der Waals surface area contributed by atoms with Gasteiger partial charge in [-0.05, 0) is 19.8 Å². The SMILES string of the molecule is CCOC(=O)C(C(C)C)C1(C)NC(=O)NC1=O. The summed E-state index contributed by atoms with van der Waals surface area (Å²) in [5, 5.41) is 4.64. The summed E-state index contributed by atoms with van der Waals surface area (Å²) in [6.07, 6.45) is 0. The van der Waals surface area contributed by atoms with Crippen LogP contribution in [0.4, 0.5) is 4.79 Å². The molecule has 1 aliphatic rings. The first kappa shape index (κ1) is 13.5. The summed E-state index contributed by atoms with van der Waals surface area (Å²) in [6, 6.07) is -0.576. The number of nitrogens with one attached hydrogen (secondary N) is 2. The molecule has 0 radical (unpaired) electrons. The van der Waals surface area contributed by atoms with Gasteiger partial charge in [-0.15, -0.1) is 0 Å². The third-order valence-electron chi connectivity index (χ3n) is 2.90. The molecule has 17 heavy (non-hydrogen) atoms. The van der Waals surface area contributed by atoms with Crippen molar-refractivity contribution in [1.29, 1.82) is 0 Å². The summed E-state index contributed by atoms with van der Waals surface area (Å²) in [7, 11) is 0. The second-order valence-corrected chi connectivity index (χ2v) is 4.58. The molecule has 1 rings (SSSR count). The number of imide groups is 1. The van der Waals surface area contributed by atoms with E-state index in [9.17, 15) is 14.4 Å². The highest BCUT2D eigenvalue weighted by Crippen LogP contribution is 2.29. The molecule has 0 saturated carbocycles. The van der Waals surface area contributed by atoms with E-state index in [4.69, 9.17) is 4.74 Å². The molecule has 0 aliphatic carbocycles. The minimum atomic E-state index is -1.24. The van der Waals surface area contributed by atoms with Gasteiger partial charge in [-0.2, -0.15) is 0 Å². The zero-order chi connectivity index (χ0) is 13.2. The van der Waals surface area contributed by atoms with E-state index < -0.39 is 29.4 Å². The van der Waals surface area contributed by atoms with Gasteiger partial charge in [-0.25, -0.2) is 4.79 Å². The minimum absolute atomic E-state index is 0.122. The number of esters is 1. The molecule has 0 aromatic rings. The van der Waals surface area contributed by atoms with Crippen molar-refractivity contribution in [2.24, 2.45) is 11.8 Å². The van der Waals surface area contributed by atoms with Crippen molar-refractivity contribution >= 4 is 17.9 Å². The Morgan fingerprint density at radius 3 is 2.35 bits per heavy atom. The Morgan fingerprint density at radius 2 is 2.00 bits per heavy atom. The van der Waals surface area contributed by atoms with Crippen LogP contribution >= 0.6 is 0 Å². The molecule has 96 valence electrons. The fourth-order valence-electron chi connectivity index (χ4n) is 2.18. The van der Waals surface area contributed by atoms with Crippen molar-refractivity contribution in [3.05, 3.63) is 0 Å². The molecule has 2 unspecified atom stereocenters. The second-order valence-electron chi connectivity index (χ2n) is 4.58. The molecule has 0 aromatic carbocycles. The van der Waals surface area contributed by atoms with Crippen molar-refractivity contribution in [3.8, 4) is 0 Å². The molecular formula is C11H18N2O4. The molecule has 2 atom stereocenters. The molecule has 1 fully saturated rings. The summed E-state index contributed by atoms with van der Waals surface area (Å²) >= 11 is 0. The summed E-state index contributed by atoms with van der Waals surface area (Å²) in [5.74, 6) is -1.78. The van der Waals surface area contributed by atoms with Crippen molar-refractivity contribution in [3.63, 3.8) is 0 Å². The first-order valence-corrected chi connectivity index (χ1v) is 5.63. The zero-order valence-corrected chi connectivity index (χ0v) is 10.5. The summed E-state index contributed by atoms with van der Waals surface area (Å²) in [6.45, 7) is 7.10. The van der Waals surface area contributed by atoms with Gasteiger partial charge in [0.15, 0.2) is 0 Å². The Bertz CT molecular complexity index is 353. The van der Waals surface area contributed by atoms with E-state index in [1.54, 1.807) is 6.92 Å². The minimum Gasteiger partial charge on any atom is -0.466 e. The maximum atomic E-state index is 11.9. The lowest BCUT2D eigenvalue weighted by molar-refractivity contribution is -0.155. The summed E-state index contributed by atoms with van der Waals surface area (Å²) in [5.41, 5.74) is -1.24. The van der Waals surface area contributed by atoms with E-state index in [1.807, 2.05) is 13.8 Å². The highest BCUT2D eigenvalue weighted by Gasteiger charge is 2.52. The van der Waals surface area contributed by atoms with Crippen LogP contribution in [0.15, 0.2) is 0 Å². The van der Waals surface area contributed by atoms with Crippen molar-refractivity contribution in [1.82, 2.24) is 10.6 Å². The first-order valence-electron chi connectivity index (χ1n) is 5.63. The Kier molecular flexibility index (Phi) is 3.75. The van der Waals surface area contributed by atoms with Crippen molar-refractivity contribution in [2.45, 2.75) is 33.2 Å². The van der Waals surface area contributed by atoms with Crippen LogP contribution in [-0.2, 0) is 14.3 Å². The van der Waals surface area contributed by atoms with Crippen LogP contribution in [0.5, 0.6) is 0 Å². The number of carbonyl (C=O) groups is 3. The molecule has 1 aliphatic heterocycles. The predicted octanol–water partition coefficient (Wildman–Crippen LogP) is 0.420. The highest BCUT2D eigenvalue weighted by atomic mass is 16.5. The maximum Gasteiger partial charge on any atom is 0.322 e. The second kappa shape index (κ2) is 4.73. The third-order valence-corrected chi connectivity index (χ3v) is 2.90. The molecule has 1 heterocycles. The van der Waals surface area contributed by atoms with E-state index >= 15 is 0 Å². The topological polar surface area (TPSA) is 84.5 Å². The fraction of sp³-hybridized carbons (Fsp3) is 0.727. The number of ether oxygens (including phenoxy) is 1. The molecule has 1 saturated heterocycles. The van der Waals surface area contributed by atoms with E-state index in [0.29, 0.717) is 0 Å². The van der Waals surface area contributed by atoms with Crippen LogP contribution in [0, 0.1) is 11.8 Å². The van der Waals surface area contributed by atoms with Gasteiger partial charge in [0, 0.05) is 0 Å². The molecule has 0 spiro atoms. The van der Waals surface area contributed by atoms with Crippen molar-refractivity contribution < 1.29 is 19.1 Å². The Balaban J connectivity index is 3.02. The van der Waals surface area contributed by atoms with Gasteiger partial charge < -0.3 is 10.1 Å². The van der Waals surface area contributed by atoms with Gasteiger partial charge in [-0.1, -0.05) is 13.8 Å². The Hall–Kier alpha value is -1.59. The van der Waals surface area contributed by atoms with Gasteiger partial charge in [0.2, 0.25) is 0 Å². The lowest BCUT2D eigenvalue weighted by atomic mass is 9.78. The average Bonchev–Trinajstić information content (AvgIpc) is 2.40. The molecule has 6 heteroatoms. The third kappa shape index (κ3) is 2.40. The van der Waals surface area contributed by atoms with Crippen LogP contribution in [0.2, 0.25) is 0 Å². The fourth-order valence-corrected chi connectivity index (χ4v) is 2.18. The number of carbonyl (C=O) groups excluding carboxylic acids is 3. The largest absolute Gasteiger partial charge is 0.466 e. The first-order chi connectivity index (χ1) is 7.82. The van der Waals surface area contributed by atoms with Crippen LogP contribution in [0.1, 0.15) is 27.7 Å². The summed E-state index contributed by atoms with van der Waals surface area (Å²) < 4.78 is 4.96. The number of urea groups is 1. The maximum absolute atomic E-state index is 11.9. The van der Waals surface area contributed by atoms with Crippen LogP contribution < -0.4 is 10.6 Å². The molecule has 6 nitrogen and oxygen atoms in total. The lowest BCUT2D eigenvalue weighted by Crippen LogP contribution is -2.55. The van der Waals surface area contributed by atoms with Gasteiger partial charge in [0.05, 0.1) is 12.5 Å². The average molecular weight is 242 g/mol. The van der Waals surface area contributed by atoms with Gasteiger partial charge >= 0.3 is 12.0 Å². The van der Waals surface area contributed by atoms with Crippen LogP contribution in [-0.4, -0.2) is 30.1 Å². The van der Waals surface area contributed by atoms with E-state index in [1.165, 1.54) is 6.92 Å². The quantitative estimate of drug-likeness (QED) is 0.552. The Morgan fingerprint density at radius 1 is 1.41 bits per heavy atom. The van der Waals surface area contributed by atoms with Crippen molar-refractivity contribution in [2.75, 3.05) is 6.61 Å². The number of hydrogen-bond donors (Lipinski definition) is 2. The van der Waals surface area contributed by atoms with Crippen LogP contribution in [0.25, 0.3) is 0 Å². The normalized spacial score (nSPS) is 25.5. The molecule has 2 N–H and O–H groups in total. The van der Waals surface area contributed by atoms with Gasteiger partial charge in [0.1, 0.15) is 5.54 Å². The zero-order valence-electron chi connectivity index (χ0n) is 10.5. The predicted molar refractivity (Wildman–Crippen MR) is 60.0 cm³/mol. The van der Waals surface area contributed by atoms with Gasteiger partial charge in [0.25, 0.3) is 5.91 Å². The molecule has 3 amide bonds. The van der Waals surface area contributed by atoms with Crippen LogP contribution in [0.3, 0.4) is 0 Å². The van der Waals surface area contributed by atoms with E-state index in [2.05, 4.69) is 10.6 Å². The standard InChI is InChI=1S/C11H18N2O4/c1-5-17-8(14)7(6(2)3)11(4)9(15)12-10(16)13-11/h6-7H,5H2,1-4H3,(H2,12,13,15,16). The molecular weight excluding hydrogens is 224 g/mol. The van der Waals surface area contributed by atoms with E-state index in [0.717, 1.165) is 0 Å².